The molecule has 6 heteroatoms. The van der Waals surface area contributed by atoms with Crippen molar-refractivity contribution in [3.05, 3.63) is 5.82 Å². The van der Waals surface area contributed by atoms with Gasteiger partial charge in [-0.3, -0.25) is 0 Å². The van der Waals surface area contributed by atoms with Gasteiger partial charge in [0.1, 0.15) is 11.9 Å². The van der Waals surface area contributed by atoms with E-state index in [1.807, 2.05) is 4.90 Å². The van der Waals surface area contributed by atoms with E-state index in [0.29, 0.717) is 12.3 Å². The molecule has 1 aromatic heterocycles. The number of carboxylic acids is 1. The zero-order chi connectivity index (χ0) is 12.5. The van der Waals surface area contributed by atoms with Crippen LogP contribution in [0.15, 0.2) is 0 Å². The van der Waals surface area contributed by atoms with Crippen LogP contribution >= 0.6 is 11.5 Å². The van der Waals surface area contributed by atoms with E-state index in [9.17, 15) is 9.90 Å². The predicted molar refractivity (Wildman–Crippen MR) is 69.1 cm³/mol. The van der Waals surface area contributed by atoms with Crippen molar-refractivity contribution in [3.8, 4) is 0 Å². The molecule has 0 radical (unpaired) electrons. The molecule has 5 nitrogen and oxygen atoms in total. The first-order chi connectivity index (χ1) is 8.75. The van der Waals surface area contributed by atoms with Crippen LogP contribution in [0.1, 0.15) is 50.3 Å². The predicted octanol–water partition coefficient (Wildman–Crippen LogP) is 2.25. The largest absolute Gasteiger partial charge is 0.480 e. The van der Waals surface area contributed by atoms with Crippen molar-refractivity contribution in [1.82, 2.24) is 9.36 Å². The van der Waals surface area contributed by atoms with Gasteiger partial charge in [-0.15, -0.1) is 0 Å². The molecule has 2 heterocycles. The Bertz CT molecular complexity index is 442. The van der Waals surface area contributed by atoms with Gasteiger partial charge in [0.2, 0.25) is 5.13 Å². The molecule has 2 aliphatic rings. The van der Waals surface area contributed by atoms with Crippen LogP contribution in [0.3, 0.4) is 0 Å². The van der Waals surface area contributed by atoms with Crippen molar-refractivity contribution in [3.63, 3.8) is 0 Å². The lowest BCUT2D eigenvalue weighted by Gasteiger charge is -2.19. The van der Waals surface area contributed by atoms with Crippen molar-refractivity contribution in [2.24, 2.45) is 0 Å². The fraction of sp³-hybridized carbons (Fsp3) is 0.750. The van der Waals surface area contributed by atoms with E-state index in [2.05, 4.69) is 9.36 Å². The highest BCUT2D eigenvalue weighted by atomic mass is 32.1. The molecule has 1 aliphatic carbocycles. The van der Waals surface area contributed by atoms with Gasteiger partial charge in [-0.05, 0) is 25.7 Å². The second kappa shape index (κ2) is 4.84. The van der Waals surface area contributed by atoms with E-state index in [0.717, 1.165) is 23.9 Å². The van der Waals surface area contributed by atoms with Gasteiger partial charge in [-0.25, -0.2) is 9.78 Å². The minimum atomic E-state index is -0.745. The van der Waals surface area contributed by atoms with Gasteiger partial charge >= 0.3 is 5.97 Å². The van der Waals surface area contributed by atoms with Crippen LogP contribution in [0, 0.1) is 0 Å². The summed E-state index contributed by atoms with van der Waals surface area (Å²) in [5, 5.41) is 9.97. The van der Waals surface area contributed by atoms with E-state index in [1.54, 1.807) is 0 Å². The Balaban J connectivity index is 1.78. The zero-order valence-corrected chi connectivity index (χ0v) is 11.0. The van der Waals surface area contributed by atoms with Crippen LogP contribution in [0.4, 0.5) is 5.13 Å². The molecule has 1 saturated carbocycles. The van der Waals surface area contributed by atoms with E-state index in [1.165, 1.54) is 37.2 Å². The molecule has 0 aromatic carbocycles. The van der Waals surface area contributed by atoms with Gasteiger partial charge in [0.05, 0.1) is 0 Å². The smallest absolute Gasteiger partial charge is 0.326 e. The number of aliphatic carboxylic acids is 1. The van der Waals surface area contributed by atoms with E-state index < -0.39 is 12.0 Å². The first-order valence-electron chi connectivity index (χ1n) is 6.59. The maximum Gasteiger partial charge on any atom is 0.326 e. The summed E-state index contributed by atoms with van der Waals surface area (Å²) in [5.74, 6) is 0.689. The molecule has 1 saturated heterocycles. The van der Waals surface area contributed by atoms with Gasteiger partial charge in [-0.2, -0.15) is 4.37 Å². The summed E-state index contributed by atoms with van der Waals surface area (Å²) in [6.45, 7) is 0.788. The summed E-state index contributed by atoms with van der Waals surface area (Å²) in [5.41, 5.74) is 0. The van der Waals surface area contributed by atoms with E-state index in [4.69, 9.17) is 0 Å². The molecule has 1 aliphatic heterocycles. The van der Waals surface area contributed by atoms with Crippen LogP contribution in [-0.2, 0) is 4.79 Å². The number of hydrogen-bond donors (Lipinski definition) is 1. The summed E-state index contributed by atoms with van der Waals surface area (Å²) in [7, 11) is 0. The van der Waals surface area contributed by atoms with Crippen LogP contribution < -0.4 is 4.90 Å². The molecule has 2 fully saturated rings. The number of rotatable bonds is 3. The summed E-state index contributed by atoms with van der Waals surface area (Å²) in [6, 6.07) is -0.408. The molecule has 1 atom stereocenters. The zero-order valence-electron chi connectivity index (χ0n) is 10.2. The fourth-order valence-corrected chi connectivity index (χ4v) is 3.77. The maximum atomic E-state index is 11.2. The van der Waals surface area contributed by atoms with Crippen LogP contribution in [0.25, 0.3) is 0 Å². The third-order valence-electron chi connectivity index (χ3n) is 3.93. The molecular formula is C12H17N3O2S. The second-order valence-corrected chi connectivity index (χ2v) is 5.84. The van der Waals surface area contributed by atoms with Crippen molar-refractivity contribution >= 4 is 22.6 Å². The number of aromatic nitrogens is 2. The van der Waals surface area contributed by atoms with Gasteiger partial charge in [-0.1, -0.05) is 12.8 Å². The van der Waals surface area contributed by atoms with Crippen molar-refractivity contribution in [1.29, 1.82) is 0 Å². The molecule has 1 N–H and O–H groups in total. The second-order valence-electron chi connectivity index (χ2n) is 5.11. The number of hydrogen-bond acceptors (Lipinski definition) is 5. The number of anilines is 1. The highest BCUT2D eigenvalue weighted by Gasteiger charge is 2.33. The van der Waals surface area contributed by atoms with Gasteiger partial charge < -0.3 is 10.0 Å². The number of nitrogens with zero attached hydrogens (tertiary/aromatic N) is 3. The Morgan fingerprint density at radius 2 is 2.06 bits per heavy atom. The molecular weight excluding hydrogens is 250 g/mol. The summed E-state index contributed by atoms with van der Waals surface area (Å²) < 4.78 is 4.43. The lowest BCUT2D eigenvalue weighted by Crippen LogP contribution is -2.35. The standard InChI is InChI=1S/C12H17N3O2S/c16-11(17)9-6-3-7-15(9)12-13-10(14-18-12)8-4-1-2-5-8/h8-9H,1-7H2,(H,16,17)/t9-/m0/s1. The highest BCUT2D eigenvalue weighted by molar-refractivity contribution is 7.09. The molecule has 18 heavy (non-hydrogen) atoms. The van der Waals surface area contributed by atoms with Crippen LogP contribution in [0.5, 0.6) is 0 Å². The molecule has 0 spiro atoms. The summed E-state index contributed by atoms with van der Waals surface area (Å²) in [6.07, 6.45) is 6.53. The Kier molecular flexibility index (Phi) is 3.20. The Morgan fingerprint density at radius 1 is 1.28 bits per heavy atom. The SMILES string of the molecule is O=C(O)[C@@H]1CCCN1c1nc(C2CCCC2)ns1. The lowest BCUT2D eigenvalue weighted by molar-refractivity contribution is -0.138. The number of carboxylic acid groups (broad SMARTS) is 1. The quantitative estimate of drug-likeness (QED) is 0.909. The summed E-state index contributed by atoms with van der Waals surface area (Å²) >= 11 is 1.36. The third-order valence-corrected chi connectivity index (χ3v) is 4.70. The highest BCUT2D eigenvalue weighted by Crippen LogP contribution is 2.35. The van der Waals surface area contributed by atoms with Crippen LogP contribution in [0.2, 0.25) is 0 Å². The minimum absolute atomic E-state index is 0.408. The first-order valence-corrected chi connectivity index (χ1v) is 7.36. The van der Waals surface area contributed by atoms with Gasteiger partial charge in [0, 0.05) is 24.0 Å². The van der Waals surface area contributed by atoms with Crippen molar-refractivity contribution in [2.45, 2.75) is 50.5 Å². The summed E-state index contributed by atoms with van der Waals surface area (Å²) in [4.78, 5) is 17.6. The number of carbonyl (C=O) groups is 1. The average molecular weight is 267 g/mol. The van der Waals surface area contributed by atoms with E-state index >= 15 is 0 Å². The van der Waals surface area contributed by atoms with Crippen molar-refractivity contribution < 1.29 is 9.90 Å². The van der Waals surface area contributed by atoms with E-state index in [-0.39, 0.29) is 0 Å². The van der Waals surface area contributed by atoms with Gasteiger partial charge in [0.15, 0.2) is 0 Å². The maximum absolute atomic E-state index is 11.2. The van der Waals surface area contributed by atoms with Gasteiger partial charge in [0.25, 0.3) is 0 Å². The topological polar surface area (TPSA) is 66.3 Å². The Hall–Kier alpha value is -1.17. The Morgan fingerprint density at radius 3 is 2.78 bits per heavy atom. The molecule has 3 rings (SSSR count). The molecule has 98 valence electrons. The average Bonchev–Trinajstić information content (AvgIpc) is 3.10. The third kappa shape index (κ3) is 2.09. The monoisotopic (exact) mass is 267 g/mol. The normalized spacial score (nSPS) is 24.9. The molecule has 0 amide bonds. The minimum Gasteiger partial charge on any atom is -0.480 e. The molecule has 1 aromatic rings. The van der Waals surface area contributed by atoms with Crippen molar-refractivity contribution in [2.75, 3.05) is 11.4 Å². The first kappa shape index (κ1) is 11.9. The fourth-order valence-electron chi connectivity index (χ4n) is 2.95. The Labute approximate surface area is 110 Å². The molecule has 0 unspecified atom stereocenters. The molecule has 0 bridgehead atoms. The van der Waals surface area contributed by atoms with Crippen LogP contribution in [-0.4, -0.2) is 33.0 Å². The lowest BCUT2D eigenvalue weighted by atomic mass is 10.1.